The largest absolute Gasteiger partial charge is 0.476 e. The smallest absolute Gasteiger partial charge is 0.358 e. The van der Waals surface area contributed by atoms with E-state index in [1.807, 2.05) is 0 Å². The van der Waals surface area contributed by atoms with Gasteiger partial charge in [0.2, 0.25) is 0 Å². The first-order valence-electron chi connectivity index (χ1n) is 3.70. The maximum absolute atomic E-state index is 10.6. The van der Waals surface area contributed by atoms with E-state index in [2.05, 4.69) is 11.6 Å². The predicted molar refractivity (Wildman–Crippen MR) is 45.2 cm³/mol. The number of rotatable bonds is 4. The lowest BCUT2D eigenvalue weighted by atomic mass is 10.1. The third kappa shape index (κ3) is 1.94. The van der Waals surface area contributed by atoms with Crippen molar-refractivity contribution >= 4 is 5.97 Å². The first-order chi connectivity index (χ1) is 6.16. The molecular weight excluding hydrogens is 172 g/mol. The topological polar surface area (TPSA) is 89.4 Å². The minimum absolute atomic E-state index is 0.130. The Morgan fingerprint density at radius 3 is 3.15 bits per heavy atom. The molecule has 0 aliphatic rings. The summed E-state index contributed by atoms with van der Waals surface area (Å²) in [5.41, 5.74) is 5.49. The molecule has 0 saturated heterocycles. The van der Waals surface area contributed by atoms with E-state index in [0.717, 1.165) is 6.39 Å². The fraction of sp³-hybridized carbons (Fsp3) is 0.250. The standard InChI is InChI=1S/C8H10N2O3/c1-2-3-5(9)7-6(8(11)12)10-4-13-7/h2,4-5H,1,3,9H2,(H,11,12). The molecule has 1 rings (SSSR count). The number of nitrogens with two attached hydrogens (primary N) is 1. The monoisotopic (exact) mass is 182 g/mol. The Hall–Kier alpha value is -1.62. The van der Waals surface area contributed by atoms with Gasteiger partial charge in [-0.3, -0.25) is 0 Å². The van der Waals surface area contributed by atoms with E-state index in [-0.39, 0.29) is 11.5 Å². The van der Waals surface area contributed by atoms with Crippen LogP contribution in [0.5, 0.6) is 0 Å². The van der Waals surface area contributed by atoms with Crippen LogP contribution in [0.25, 0.3) is 0 Å². The second-order valence-corrected chi connectivity index (χ2v) is 2.50. The lowest BCUT2D eigenvalue weighted by Crippen LogP contribution is -2.12. The highest BCUT2D eigenvalue weighted by Crippen LogP contribution is 2.17. The zero-order valence-corrected chi connectivity index (χ0v) is 6.93. The second-order valence-electron chi connectivity index (χ2n) is 2.50. The Morgan fingerprint density at radius 1 is 1.92 bits per heavy atom. The Bertz CT molecular complexity index is 319. The number of hydrogen-bond donors (Lipinski definition) is 2. The maximum Gasteiger partial charge on any atom is 0.358 e. The Morgan fingerprint density at radius 2 is 2.62 bits per heavy atom. The van der Waals surface area contributed by atoms with Crippen LogP contribution >= 0.6 is 0 Å². The van der Waals surface area contributed by atoms with Crippen molar-refractivity contribution in [3.8, 4) is 0 Å². The summed E-state index contributed by atoms with van der Waals surface area (Å²) in [4.78, 5) is 14.1. The number of hydrogen-bond acceptors (Lipinski definition) is 4. The summed E-state index contributed by atoms with van der Waals surface area (Å²) < 4.78 is 4.88. The summed E-state index contributed by atoms with van der Waals surface area (Å²) in [5.74, 6) is -0.948. The minimum Gasteiger partial charge on any atom is -0.476 e. The first kappa shape index (κ1) is 9.47. The van der Waals surface area contributed by atoms with E-state index >= 15 is 0 Å². The van der Waals surface area contributed by atoms with Gasteiger partial charge in [0.15, 0.2) is 17.8 Å². The first-order valence-corrected chi connectivity index (χ1v) is 3.70. The lowest BCUT2D eigenvalue weighted by Gasteiger charge is -2.04. The van der Waals surface area contributed by atoms with Crippen molar-refractivity contribution in [1.82, 2.24) is 4.98 Å². The van der Waals surface area contributed by atoms with Crippen LogP contribution in [-0.2, 0) is 0 Å². The molecule has 0 fully saturated rings. The molecule has 0 saturated carbocycles. The van der Waals surface area contributed by atoms with Gasteiger partial charge >= 0.3 is 5.97 Å². The molecule has 1 aromatic heterocycles. The molecule has 1 heterocycles. The summed E-state index contributed by atoms with van der Waals surface area (Å²) in [7, 11) is 0. The summed E-state index contributed by atoms with van der Waals surface area (Å²) in [5, 5.41) is 8.67. The molecule has 1 unspecified atom stereocenters. The van der Waals surface area contributed by atoms with Crippen LogP contribution < -0.4 is 5.73 Å². The van der Waals surface area contributed by atoms with Gasteiger partial charge in [0.1, 0.15) is 0 Å². The molecule has 70 valence electrons. The van der Waals surface area contributed by atoms with Crippen LogP contribution in [0.1, 0.15) is 28.7 Å². The molecule has 0 aliphatic carbocycles. The van der Waals surface area contributed by atoms with E-state index in [0.29, 0.717) is 6.42 Å². The van der Waals surface area contributed by atoms with Gasteiger partial charge < -0.3 is 15.3 Å². The number of carboxylic acids is 1. The van der Waals surface area contributed by atoms with Crippen molar-refractivity contribution in [3.63, 3.8) is 0 Å². The van der Waals surface area contributed by atoms with Crippen molar-refractivity contribution in [2.75, 3.05) is 0 Å². The molecule has 0 aromatic carbocycles. The van der Waals surface area contributed by atoms with Crippen LogP contribution in [0.15, 0.2) is 23.5 Å². The van der Waals surface area contributed by atoms with Gasteiger partial charge in [-0.25, -0.2) is 9.78 Å². The summed E-state index contributed by atoms with van der Waals surface area (Å²) in [6.45, 7) is 3.50. The molecule has 0 amide bonds. The van der Waals surface area contributed by atoms with Crippen molar-refractivity contribution in [2.24, 2.45) is 5.73 Å². The van der Waals surface area contributed by atoms with Gasteiger partial charge in [0.25, 0.3) is 0 Å². The molecule has 0 aliphatic heterocycles. The molecule has 0 bridgehead atoms. The van der Waals surface area contributed by atoms with Crippen LogP contribution in [0.2, 0.25) is 0 Å². The van der Waals surface area contributed by atoms with Gasteiger partial charge in [-0.15, -0.1) is 6.58 Å². The third-order valence-electron chi connectivity index (χ3n) is 1.55. The average molecular weight is 182 g/mol. The van der Waals surface area contributed by atoms with E-state index < -0.39 is 12.0 Å². The molecule has 0 spiro atoms. The molecule has 1 aromatic rings. The average Bonchev–Trinajstić information content (AvgIpc) is 2.52. The van der Waals surface area contributed by atoms with Crippen LogP contribution in [-0.4, -0.2) is 16.1 Å². The highest BCUT2D eigenvalue weighted by molar-refractivity contribution is 5.86. The fourth-order valence-corrected chi connectivity index (χ4v) is 0.965. The van der Waals surface area contributed by atoms with E-state index in [9.17, 15) is 4.79 Å². The zero-order chi connectivity index (χ0) is 9.84. The number of carboxylic acid groups (broad SMARTS) is 1. The third-order valence-corrected chi connectivity index (χ3v) is 1.55. The van der Waals surface area contributed by atoms with E-state index in [1.165, 1.54) is 0 Å². The van der Waals surface area contributed by atoms with Crippen molar-refractivity contribution < 1.29 is 14.3 Å². The van der Waals surface area contributed by atoms with Crippen LogP contribution in [0.3, 0.4) is 0 Å². The summed E-state index contributed by atoms with van der Waals surface area (Å²) in [6, 6.07) is -0.494. The van der Waals surface area contributed by atoms with Gasteiger partial charge in [-0.1, -0.05) is 6.08 Å². The fourth-order valence-electron chi connectivity index (χ4n) is 0.965. The second kappa shape index (κ2) is 3.86. The van der Waals surface area contributed by atoms with Crippen molar-refractivity contribution in [2.45, 2.75) is 12.5 Å². The predicted octanol–water partition coefficient (Wildman–Crippen LogP) is 0.949. The number of oxazole rings is 1. The number of nitrogens with zero attached hydrogens (tertiary/aromatic N) is 1. The lowest BCUT2D eigenvalue weighted by molar-refractivity contribution is 0.0688. The Kier molecular flexibility index (Phi) is 2.81. The van der Waals surface area contributed by atoms with Crippen molar-refractivity contribution in [1.29, 1.82) is 0 Å². The molecular formula is C8H10N2O3. The van der Waals surface area contributed by atoms with Gasteiger partial charge in [0.05, 0.1) is 6.04 Å². The summed E-state index contributed by atoms with van der Waals surface area (Å²) in [6.07, 6.45) is 3.12. The highest BCUT2D eigenvalue weighted by atomic mass is 16.4. The summed E-state index contributed by atoms with van der Waals surface area (Å²) >= 11 is 0. The van der Waals surface area contributed by atoms with Crippen LogP contribution in [0.4, 0.5) is 0 Å². The number of aromatic carboxylic acids is 1. The van der Waals surface area contributed by atoms with Gasteiger partial charge in [-0.2, -0.15) is 0 Å². The highest BCUT2D eigenvalue weighted by Gasteiger charge is 2.20. The molecule has 1 atom stereocenters. The minimum atomic E-state index is -1.14. The Balaban J connectivity index is 2.92. The maximum atomic E-state index is 10.6. The SMILES string of the molecule is C=CCC(N)c1ocnc1C(=O)O. The van der Waals surface area contributed by atoms with Gasteiger partial charge in [0, 0.05) is 0 Å². The number of aromatic nitrogens is 1. The zero-order valence-electron chi connectivity index (χ0n) is 6.93. The van der Waals surface area contributed by atoms with Crippen LogP contribution in [0, 0.1) is 0 Å². The molecule has 5 heteroatoms. The molecule has 0 radical (unpaired) electrons. The molecule has 13 heavy (non-hydrogen) atoms. The number of carbonyl (C=O) groups is 1. The van der Waals surface area contributed by atoms with E-state index in [1.54, 1.807) is 6.08 Å². The van der Waals surface area contributed by atoms with Gasteiger partial charge in [-0.05, 0) is 6.42 Å². The molecule has 3 N–H and O–H groups in total. The normalized spacial score (nSPS) is 12.4. The van der Waals surface area contributed by atoms with E-state index in [4.69, 9.17) is 15.3 Å². The Labute approximate surface area is 74.9 Å². The molecule has 5 nitrogen and oxygen atoms in total. The van der Waals surface area contributed by atoms with Crippen molar-refractivity contribution in [3.05, 3.63) is 30.5 Å². The quantitative estimate of drug-likeness (QED) is 0.676.